The Labute approximate surface area is 236 Å². The molecule has 0 amide bonds. The highest BCUT2D eigenvalue weighted by Crippen LogP contribution is 2.61. The van der Waals surface area contributed by atoms with Gasteiger partial charge < -0.3 is 9.47 Å². The zero-order valence-corrected chi connectivity index (χ0v) is 23.0. The number of fused-ring (bicyclic) bond motifs is 5. The van der Waals surface area contributed by atoms with Crippen molar-refractivity contribution in [1.82, 2.24) is 0 Å². The van der Waals surface area contributed by atoms with Crippen molar-refractivity contribution in [3.8, 4) is 5.75 Å². The minimum absolute atomic E-state index is 0.0233. The number of hydrogen-bond acceptors (Lipinski definition) is 4. The van der Waals surface area contributed by atoms with Crippen LogP contribution in [0.25, 0.3) is 12.2 Å². The number of aryl methyl sites for hydroxylation is 1. The molecule has 204 valence electrons. The molecule has 0 radical (unpaired) electrons. The summed E-state index contributed by atoms with van der Waals surface area (Å²) in [6, 6.07) is 25.8. The van der Waals surface area contributed by atoms with Crippen molar-refractivity contribution >= 4 is 24.1 Å². The van der Waals surface area contributed by atoms with E-state index >= 15 is 0 Å². The molecule has 0 saturated heterocycles. The van der Waals surface area contributed by atoms with E-state index in [1.807, 2.05) is 72.8 Å². The smallest absolute Gasteiger partial charge is 0.336 e. The molecule has 4 nitrogen and oxygen atoms in total. The lowest BCUT2D eigenvalue weighted by Gasteiger charge is -2.50. The summed E-state index contributed by atoms with van der Waals surface area (Å²) in [5.41, 5.74) is 4.69. The quantitative estimate of drug-likeness (QED) is 0.185. The summed E-state index contributed by atoms with van der Waals surface area (Å²) < 4.78 is 11.7. The van der Waals surface area contributed by atoms with Crippen molar-refractivity contribution in [2.45, 2.75) is 57.5 Å². The molecule has 3 aromatic rings. The van der Waals surface area contributed by atoms with E-state index in [1.165, 1.54) is 17.2 Å². The topological polar surface area (TPSA) is 52.6 Å². The average molecular weight is 533 g/mol. The summed E-state index contributed by atoms with van der Waals surface area (Å²) in [6.45, 7) is 2.35. The Kier molecular flexibility index (Phi) is 7.42. The minimum Gasteiger partial charge on any atom is -0.459 e. The van der Waals surface area contributed by atoms with E-state index in [1.54, 1.807) is 12.2 Å². The van der Waals surface area contributed by atoms with Gasteiger partial charge in [0.1, 0.15) is 11.9 Å². The zero-order chi connectivity index (χ0) is 27.5. The second kappa shape index (κ2) is 11.3. The van der Waals surface area contributed by atoms with Gasteiger partial charge in [-0.1, -0.05) is 73.7 Å². The predicted molar refractivity (Wildman–Crippen MR) is 158 cm³/mol. The first-order valence-corrected chi connectivity index (χ1v) is 14.5. The molecular weight excluding hydrogens is 496 g/mol. The third kappa shape index (κ3) is 5.40. The standard InChI is InChI=1S/C36H36O4/c1-36-23-22-30-29-17-15-28(39-34(37)20-12-25-8-4-2-5-9-25)24-27(29)14-16-31(30)32(36)18-19-33(36)40-35(38)21-13-26-10-6-3-7-11-26/h2-13,15,17,20-21,24,30-33H,14,16,18-19,22-23H2,1H3/b20-12+,21-13+/t30-,31-,32+,33-,36-/m0/s1. The molecule has 0 aliphatic heterocycles. The molecule has 0 unspecified atom stereocenters. The summed E-state index contributed by atoms with van der Waals surface area (Å²) in [5.74, 6) is 1.66. The van der Waals surface area contributed by atoms with E-state index in [4.69, 9.17) is 9.47 Å². The molecule has 3 aliphatic carbocycles. The Morgan fingerprint density at radius 3 is 2.17 bits per heavy atom. The molecular formula is C36H36O4. The second-order valence-corrected chi connectivity index (χ2v) is 11.7. The molecule has 2 saturated carbocycles. The number of hydrogen-bond donors (Lipinski definition) is 0. The average Bonchev–Trinajstić information content (AvgIpc) is 3.31. The van der Waals surface area contributed by atoms with Crippen LogP contribution < -0.4 is 4.74 Å². The lowest BCUT2D eigenvalue weighted by atomic mass is 9.55. The third-order valence-corrected chi connectivity index (χ3v) is 9.51. The van der Waals surface area contributed by atoms with E-state index in [9.17, 15) is 9.59 Å². The molecule has 3 aliphatic rings. The Bertz CT molecular complexity index is 1420. The maximum Gasteiger partial charge on any atom is 0.336 e. The van der Waals surface area contributed by atoms with Gasteiger partial charge in [0.25, 0.3) is 0 Å². The van der Waals surface area contributed by atoms with Gasteiger partial charge in [-0.15, -0.1) is 0 Å². The normalized spacial score (nSPS) is 27.1. The summed E-state index contributed by atoms with van der Waals surface area (Å²) >= 11 is 0. The van der Waals surface area contributed by atoms with Crippen LogP contribution in [0, 0.1) is 17.3 Å². The lowest BCUT2D eigenvalue weighted by Crippen LogP contribution is -2.45. The van der Waals surface area contributed by atoms with Crippen LogP contribution in [-0.4, -0.2) is 18.0 Å². The monoisotopic (exact) mass is 532 g/mol. The third-order valence-electron chi connectivity index (χ3n) is 9.51. The van der Waals surface area contributed by atoms with Gasteiger partial charge in [0, 0.05) is 17.6 Å². The van der Waals surface area contributed by atoms with Crippen LogP contribution in [0.3, 0.4) is 0 Å². The largest absolute Gasteiger partial charge is 0.459 e. The summed E-state index contributed by atoms with van der Waals surface area (Å²) in [5, 5.41) is 0. The van der Waals surface area contributed by atoms with Crippen LogP contribution in [0.15, 0.2) is 91.0 Å². The van der Waals surface area contributed by atoms with Crippen LogP contribution >= 0.6 is 0 Å². The molecule has 40 heavy (non-hydrogen) atoms. The number of benzene rings is 3. The first kappa shape index (κ1) is 26.3. The maximum absolute atomic E-state index is 12.7. The van der Waals surface area contributed by atoms with Crippen LogP contribution in [0.4, 0.5) is 0 Å². The van der Waals surface area contributed by atoms with Crippen LogP contribution in [-0.2, 0) is 20.7 Å². The SMILES string of the molecule is C[C@]12CC[C@H]3c4ccc(OC(=O)/C=C/c5ccccc5)cc4CC[C@@H]3[C@H]1CC[C@@H]2OC(=O)/C=C/c1ccccc1. The molecule has 6 rings (SSSR count). The molecule has 4 heteroatoms. The van der Waals surface area contributed by atoms with E-state index < -0.39 is 0 Å². The van der Waals surface area contributed by atoms with E-state index in [0.717, 1.165) is 49.7 Å². The Balaban J connectivity index is 1.10. The fraction of sp³-hybridized carbons (Fsp3) is 0.333. The lowest BCUT2D eigenvalue weighted by molar-refractivity contribution is -0.151. The van der Waals surface area contributed by atoms with Crippen molar-refractivity contribution in [2.75, 3.05) is 0 Å². The van der Waals surface area contributed by atoms with Gasteiger partial charge in [-0.05, 0) is 103 Å². The number of carbonyl (C=O) groups is 2. The molecule has 0 spiro atoms. The van der Waals surface area contributed by atoms with E-state index in [0.29, 0.717) is 23.5 Å². The van der Waals surface area contributed by atoms with Crippen molar-refractivity contribution in [3.05, 3.63) is 113 Å². The zero-order valence-electron chi connectivity index (χ0n) is 23.0. The number of rotatable bonds is 6. The summed E-state index contributed by atoms with van der Waals surface area (Å²) in [4.78, 5) is 25.1. The molecule has 0 bridgehead atoms. The molecule has 0 aromatic heterocycles. The Morgan fingerprint density at radius 2 is 1.48 bits per heavy atom. The van der Waals surface area contributed by atoms with Crippen LogP contribution in [0.5, 0.6) is 5.75 Å². The van der Waals surface area contributed by atoms with E-state index in [2.05, 4.69) is 19.1 Å². The molecule has 0 heterocycles. The number of carbonyl (C=O) groups excluding carboxylic acids is 2. The van der Waals surface area contributed by atoms with Gasteiger partial charge in [-0.3, -0.25) is 0 Å². The Hall–Kier alpha value is -3.92. The number of ether oxygens (including phenoxy) is 2. The van der Waals surface area contributed by atoms with Crippen molar-refractivity contribution in [1.29, 1.82) is 0 Å². The molecule has 3 aromatic carbocycles. The molecule has 2 fully saturated rings. The summed E-state index contributed by atoms with van der Waals surface area (Å²) in [6.07, 6.45) is 12.9. The predicted octanol–water partition coefficient (Wildman–Crippen LogP) is 7.79. The van der Waals surface area contributed by atoms with Gasteiger partial charge in [0.05, 0.1) is 0 Å². The van der Waals surface area contributed by atoms with Crippen molar-refractivity contribution in [2.24, 2.45) is 17.3 Å². The fourth-order valence-corrected chi connectivity index (χ4v) is 7.55. The van der Waals surface area contributed by atoms with E-state index in [-0.39, 0.29) is 23.5 Å². The molecule has 0 N–H and O–H groups in total. The second-order valence-electron chi connectivity index (χ2n) is 11.7. The highest BCUT2D eigenvalue weighted by Gasteiger charge is 2.56. The molecule has 5 atom stereocenters. The van der Waals surface area contributed by atoms with Gasteiger partial charge in [0.2, 0.25) is 0 Å². The highest BCUT2D eigenvalue weighted by atomic mass is 16.5. The first-order chi connectivity index (χ1) is 19.5. The van der Waals surface area contributed by atoms with Crippen LogP contribution in [0.2, 0.25) is 0 Å². The fourth-order valence-electron chi connectivity index (χ4n) is 7.55. The van der Waals surface area contributed by atoms with Crippen molar-refractivity contribution in [3.63, 3.8) is 0 Å². The Morgan fingerprint density at radius 1 is 0.800 bits per heavy atom. The highest BCUT2D eigenvalue weighted by molar-refractivity contribution is 5.88. The van der Waals surface area contributed by atoms with Gasteiger partial charge in [-0.2, -0.15) is 0 Å². The number of esters is 2. The summed E-state index contributed by atoms with van der Waals surface area (Å²) in [7, 11) is 0. The van der Waals surface area contributed by atoms with Gasteiger partial charge in [0.15, 0.2) is 0 Å². The first-order valence-electron chi connectivity index (χ1n) is 14.5. The maximum atomic E-state index is 12.7. The van der Waals surface area contributed by atoms with Gasteiger partial charge in [-0.25, -0.2) is 9.59 Å². The van der Waals surface area contributed by atoms with Crippen LogP contribution in [0.1, 0.15) is 67.2 Å². The van der Waals surface area contributed by atoms with Crippen molar-refractivity contribution < 1.29 is 19.1 Å². The van der Waals surface area contributed by atoms with Gasteiger partial charge >= 0.3 is 11.9 Å². The minimum atomic E-state index is -0.365.